The fraction of sp³-hybridized carbons (Fsp3) is 0.0536. The summed E-state index contributed by atoms with van der Waals surface area (Å²) in [4.78, 5) is 9.20. The molecule has 0 saturated carbocycles. The predicted octanol–water partition coefficient (Wildman–Crippen LogP) is 14.6. The molecule has 6 heteroatoms. The van der Waals surface area contributed by atoms with E-state index >= 15 is 0 Å². The van der Waals surface area contributed by atoms with E-state index < -0.39 is 0 Å². The van der Waals surface area contributed by atoms with Crippen LogP contribution in [-0.2, 0) is 6.67 Å². The lowest BCUT2D eigenvalue weighted by Crippen LogP contribution is -2.24. The van der Waals surface area contributed by atoms with E-state index in [-0.39, 0.29) is 0 Å². The fourth-order valence-electron chi connectivity index (χ4n) is 8.95. The zero-order valence-electron chi connectivity index (χ0n) is 34.3. The summed E-state index contributed by atoms with van der Waals surface area (Å²) in [5.74, 6) is 1.56. The summed E-state index contributed by atoms with van der Waals surface area (Å²) in [6, 6.07) is 73.0. The van der Waals surface area contributed by atoms with Crippen molar-refractivity contribution < 1.29 is 4.74 Å². The van der Waals surface area contributed by atoms with Gasteiger partial charge in [-0.25, -0.2) is 0 Å². The zero-order chi connectivity index (χ0) is 41.4. The Labute approximate surface area is 361 Å². The first-order valence-corrected chi connectivity index (χ1v) is 21.1. The van der Waals surface area contributed by atoms with Crippen LogP contribution in [0.25, 0.3) is 55.2 Å². The van der Waals surface area contributed by atoms with E-state index in [1.165, 1.54) is 55.4 Å². The van der Waals surface area contributed by atoms with Crippen LogP contribution in [0.15, 0.2) is 212 Å². The van der Waals surface area contributed by atoms with Gasteiger partial charge in [0.05, 0.1) is 34.8 Å². The highest BCUT2D eigenvalue weighted by molar-refractivity contribution is 6.08. The molecular weight excluding hydrogens is 759 g/mol. The average Bonchev–Trinajstić information content (AvgIpc) is 3.87. The summed E-state index contributed by atoms with van der Waals surface area (Å²) >= 11 is 0. The van der Waals surface area contributed by atoms with E-state index in [2.05, 4.69) is 225 Å². The van der Waals surface area contributed by atoms with E-state index in [4.69, 9.17) is 4.74 Å². The highest BCUT2D eigenvalue weighted by atomic mass is 16.5. The van der Waals surface area contributed by atoms with Gasteiger partial charge in [0.25, 0.3) is 0 Å². The summed E-state index contributed by atoms with van der Waals surface area (Å²) in [6.45, 7) is 3.26. The van der Waals surface area contributed by atoms with Crippen LogP contribution in [-0.4, -0.2) is 16.2 Å². The fourth-order valence-corrected chi connectivity index (χ4v) is 8.95. The van der Waals surface area contributed by atoms with Crippen molar-refractivity contribution in [2.24, 2.45) is 0 Å². The van der Waals surface area contributed by atoms with Gasteiger partial charge in [0.2, 0.25) is 0 Å². The summed E-state index contributed by atoms with van der Waals surface area (Å²) in [7, 11) is 0. The lowest BCUT2D eigenvalue weighted by atomic mass is 9.95. The molecule has 10 aromatic rings. The van der Waals surface area contributed by atoms with Crippen molar-refractivity contribution in [3.8, 4) is 44.9 Å². The number of aryl methyl sites for hydroxylation is 1. The minimum Gasteiger partial charge on any atom is -0.457 e. The smallest absolute Gasteiger partial charge is 0.129 e. The second-order valence-corrected chi connectivity index (χ2v) is 15.7. The molecule has 6 nitrogen and oxygen atoms in total. The van der Waals surface area contributed by atoms with Gasteiger partial charge >= 0.3 is 0 Å². The molecule has 62 heavy (non-hydrogen) atoms. The van der Waals surface area contributed by atoms with E-state index in [9.17, 15) is 0 Å². The Hall–Kier alpha value is -8.09. The van der Waals surface area contributed by atoms with Crippen LogP contribution in [0.3, 0.4) is 0 Å². The molecular formula is C56H43N5O. The monoisotopic (exact) mass is 801 g/mol. The topological polar surface area (TPSA) is 45.6 Å². The van der Waals surface area contributed by atoms with Gasteiger partial charge in [-0.2, -0.15) is 0 Å². The van der Waals surface area contributed by atoms with Crippen LogP contribution in [0, 0.1) is 6.92 Å². The van der Waals surface area contributed by atoms with Crippen molar-refractivity contribution in [1.82, 2.24) is 9.55 Å². The number of rotatable bonds is 10. The molecule has 0 aliphatic carbocycles. The molecule has 8 aromatic carbocycles. The molecule has 0 fully saturated rings. The highest BCUT2D eigenvalue weighted by Gasteiger charge is 2.31. The molecule has 0 saturated heterocycles. The molecule has 0 unspecified atom stereocenters. The third-order valence-corrected chi connectivity index (χ3v) is 11.9. The van der Waals surface area contributed by atoms with Gasteiger partial charge in [-0.1, -0.05) is 127 Å². The van der Waals surface area contributed by atoms with Crippen LogP contribution >= 0.6 is 0 Å². The van der Waals surface area contributed by atoms with Crippen molar-refractivity contribution in [2.45, 2.75) is 13.6 Å². The lowest BCUT2D eigenvalue weighted by Gasteiger charge is -2.27. The minimum absolute atomic E-state index is 0.598. The molecule has 0 amide bonds. The van der Waals surface area contributed by atoms with Gasteiger partial charge in [0, 0.05) is 57.3 Å². The second-order valence-electron chi connectivity index (χ2n) is 15.7. The van der Waals surface area contributed by atoms with Crippen molar-refractivity contribution in [1.29, 1.82) is 0 Å². The minimum atomic E-state index is 0.598. The first kappa shape index (κ1) is 36.9. The standard InChI is InChI=1S/C56H43N5O/c1-39-34-43(32-33-57-39)40-26-28-44(29-27-40)58-37-59-52-23-9-8-20-50(52)51-31-30-47(36-55(51)59)62-46-19-12-18-45(35-46)60-38-61(54-25-11-10-24-53(54)60)56-48(41-14-4-2-5-15-41)21-13-22-49(56)42-16-6-3-7-17-42/h2-36,58H,37-38H2,1H3. The quantitative estimate of drug-likeness (QED) is 0.149. The van der Waals surface area contributed by atoms with Crippen molar-refractivity contribution in [3.63, 3.8) is 0 Å². The van der Waals surface area contributed by atoms with Crippen molar-refractivity contribution in [3.05, 3.63) is 218 Å². The summed E-state index contributed by atoms with van der Waals surface area (Å²) < 4.78 is 9.07. The number of hydrogen-bond acceptors (Lipinski definition) is 5. The third-order valence-electron chi connectivity index (χ3n) is 11.9. The van der Waals surface area contributed by atoms with Gasteiger partial charge in [0.1, 0.15) is 18.2 Å². The maximum absolute atomic E-state index is 6.74. The number of ether oxygens (including phenoxy) is 1. The molecule has 3 heterocycles. The number of aromatic nitrogens is 2. The number of hydrogen-bond donors (Lipinski definition) is 1. The molecule has 1 N–H and O–H groups in total. The van der Waals surface area contributed by atoms with Crippen LogP contribution in [0.2, 0.25) is 0 Å². The number of fused-ring (bicyclic) bond motifs is 4. The second kappa shape index (κ2) is 15.8. The molecule has 2 aromatic heterocycles. The molecule has 0 bridgehead atoms. The Morgan fingerprint density at radius 1 is 0.500 bits per heavy atom. The van der Waals surface area contributed by atoms with Crippen molar-refractivity contribution >= 4 is 50.2 Å². The van der Waals surface area contributed by atoms with Crippen LogP contribution in [0.1, 0.15) is 5.69 Å². The largest absolute Gasteiger partial charge is 0.457 e. The summed E-state index contributed by atoms with van der Waals surface area (Å²) in [5, 5.41) is 6.08. The van der Waals surface area contributed by atoms with Gasteiger partial charge in [-0.3, -0.25) is 4.98 Å². The lowest BCUT2D eigenvalue weighted by molar-refractivity contribution is 0.483. The molecule has 298 valence electrons. The summed E-state index contributed by atoms with van der Waals surface area (Å²) in [5.41, 5.74) is 16.0. The molecule has 11 rings (SSSR count). The number of nitrogens with zero attached hydrogens (tertiary/aromatic N) is 4. The number of anilines is 5. The Morgan fingerprint density at radius 2 is 1.15 bits per heavy atom. The highest BCUT2D eigenvalue weighted by Crippen LogP contribution is 2.50. The van der Waals surface area contributed by atoms with Gasteiger partial charge in [0.15, 0.2) is 0 Å². The average molecular weight is 802 g/mol. The Kier molecular flexibility index (Phi) is 9.43. The number of nitrogens with one attached hydrogen (secondary N) is 1. The normalized spacial score (nSPS) is 12.2. The van der Waals surface area contributed by atoms with Crippen molar-refractivity contribution in [2.75, 3.05) is 21.8 Å². The number of para-hydroxylation sites is 4. The van der Waals surface area contributed by atoms with E-state index in [0.717, 1.165) is 45.5 Å². The molecule has 0 radical (unpaired) electrons. The number of pyridine rings is 1. The zero-order valence-corrected chi connectivity index (χ0v) is 34.3. The molecule has 0 atom stereocenters. The summed E-state index contributed by atoms with van der Waals surface area (Å²) in [6.07, 6.45) is 1.86. The molecule has 0 spiro atoms. The van der Waals surface area contributed by atoms with Crippen LogP contribution < -0.4 is 19.9 Å². The van der Waals surface area contributed by atoms with Crippen LogP contribution in [0.5, 0.6) is 11.5 Å². The first-order valence-electron chi connectivity index (χ1n) is 21.1. The number of benzene rings is 8. The van der Waals surface area contributed by atoms with Gasteiger partial charge in [-0.05, 0) is 95.9 Å². The van der Waals surface area contributed by atoms with Crippen LogP contribution in [0.4, 0.5) is 28.4 Å². The maximum atomic E-state index is 6.74. The van der Waals surface area contributed by atoms with Gasteiger partial charge in [-0.15, -0.1) is 0 Å². The Bertz CT molecular complexity index is 3160. The molecule has 1 aliphatic heterocycles. The Balaban J connectivity index is 0.902. The third kappa shape index (κ3) is 6.87. The van der Waals surface area contributed by atoms with E-state index in [0.29, 0.717) is 13.3 Å². The van der Waals surface area contributed by atoms with E-state index in [1.54, 1.807) is 0 Å². The molecule has 1 aliphatic rings. The van der Waals surface area contributed by atoms with E-state index in [1.807, 2.05) is 19.2 Å². The first-order chi connectivity index (χ1) is 30.6. The van der Waals surface area contributed by atoms with Gasteiger partial charge < -0.3 is 24.4 Å². The SMILES string of the molecule is Cc1cc(-c2ccc(NCn3c4ccccc4c4ccc(Oc5cccc(N6CN(c7c(-c8ccccc8)cccc7-c7ccccc7)c7ccccc76)c5)cc43)cc2)ccn1. The Morgan fingerprint density at radius 3 is 1.89 bits per heavy atom. The predicted molar refractivity (Wildman–Crippen MR) is 257 cm³/mol. The maximum Gasteiger partial charge on any atom is 0.129 e.